The molecule has 0 aliphatic carbocycles. The first-order valence-electron chi connectivity index (χ1n) is 8.45. The average Bonchev–Trinajstić information content (AvgIpc) is 3.17. The Labute approximate surface area is 167 Å². The maximum absolute atomic E-state index is 12.2. The molecule has 3 rings (SSSR count). The first-order chi connectivity index (χ1) is 13.0. The molecule has 1 amide bonds. The van der Waals surface area contributed by atoms with Crippen molar-refractivity contribution in [3.05, 3.63) is 69.6 Å². The van der Waals surface area contributed by atoms with Gasteiger partial charge in [-0.05, 0) is 37.6 Å². The van der Waals surface area contributed by atoms with Gasteiger partial charge in [-0.2, -0.15) is 10.2 Å². The van der Waals surface area contributed by atoms with E-state index in [1.807, 2.05) is 42.8 Å². The molecule has 0 fully saturated rings. The van der Waals surface area contributed by atoms with Crippen molar-refractivity contribution in [3.8, 4) is 0 Å². The van der Waals surface area contributed by atoms with Gasteiger partial charge in [-0.15, -0.1) is 0 Å². The SMILES string of the molecule is CCn1ncc(/C=C/C(=O)Nc2nn(Cc3ccc(Cl)cc3)cc2Cl)c1C. The topological polar surface area (TPSA) is 64.7 Å². The van der Waals surface area contributed by atoms with Crippen LogP contribution in [0.4, 0.5) is 5.82 Å². The third-order valence-electron chi connectivity index (χ3n) is 4.07. The van der Waals surface area contributed by atoms with Gasteiger partial charge < -0.3 is 5.32 Å². The minimum Gasteiger partial charge on any atom is -0.304 e. The molecule has 0 spiro atoms. The zero-order valence-electron chi connectivity index (χ0n) is 15.0. The Morgan fingerprint density at radius 2 is 2.00 bits per heavy atom. The van der Waals surface area contributed by atoms with Crippen LogP contribution in [0.25, 0.3) is 6.08 Å². The number of halogens is 2. The van der Waals surface area contributed by atoms with E-state index in [0.717, 1.165) is 23.4 Å². The van der Waals surface area contributed by atoms with E-state index in [1.54, 1.807) is 23.2 Å². The van der Waals surface area contributed by atoms with Crippen LogP contribution in [0.15, 0.2) is 42.7 Å². The average molecular weight is 404 g/mol. The van der Waals surface area contributed by atoms with Gasteiger partial charge in [0.2, 0.25) is 5.91 Å². The Balaban J connectivity index is 1.65. The number of aromatic nitrogens is 4. The predicted molar refractivity (Wildman–Crippen MR) is 108 cm³/mol. The molecule has 8 heteroatoms. The highest BCUT2D eigenvalue weighted by Gasteiger charge is 2.10. The van der Waals surface area contributed by atoms with Gasteiger partial charge in [0.05, 0.1) is 12.7 Å². The van der Waals surface area contributed by atoms with Crippen LogP contribution in [0.3, 0.4) is 0 Å². The van der Waals surface area contributed by atoms with Gasteiger partial charge in [0, 0.05) is 35.1 Å². The second-order valence-corrected chi connectivity index (χ2v) is 6.82. The molecule has 0 aliphatic heterocycles. The molecule has 2 aromatic heterocycles. The highest BCUT2D eigenvalue weighted by Crippen LogP contribution is 2.20. The fourth-order valence-corrected chi connectivity index (χ4v) is 2.93. The Morgan fingerprint density at radius 3 is 2.67 bits per heavy atom. The fraction of sp³-hybridized carbons (Fsp3) is 0.211. The first-order valence-corrected chi connectivity index (χ1v) is 9.20. The van der Waals surface area contributed by atoms with E-state index in [0.29, 0.717) is 22.4 Å². The smallest absolute Gasteiger partial charge is 0.249 e. The number of hydrogen-bond donors (Lipinski definition) is 1. The number of hydrogen-bond acceptors (Lipinski definition) is 3. The van der Waals surface area contributed by atoms with Crippen molar-refractivity contribution in [1.82, 2.24) is 19.6 Å². The summed E-state index contributed by atoms with van der Waals surface area (Å²) in [5.74, 6) is 0.0125. The molecule has 0 saturated heterocycles. The number of amides is 1. The summed E-state index contributed by atoms with van der Waals surface area (Å²) in [5.41, 5.74) is 2.93. The van der Waals surface area contributed by atoms with Gasteiger partial charge >= 0.3 is 0 Å². The molecule has 1 N–H and O–H groups in total. The third-order valence-corrected chi connectivity index (χ3v) is 4.60. The number of anilines is 1. The van der Waals surface area contributed by atoms with Crippen molar-refractivity contribution < 1.29 is 4.79 Å². The maximum Gasteiger partial charge on any atom is 0.249 e. The largest absolute Gasteiger partial charge is 0.304 e. The number of nitrogens with zero attached hydrogens (tertiary/aromatic N) is 4. The summed E-state index contributed by atoms with van der Waals surface area (Å²) in [7, 11) is 0. The van der Waals surface area contributed by atoms with Crippen molar-refractivity contribution >= 4 is 41.0 Å². The number of aryl methyl sites for hydroxylation is 1. The molecule has 6 nitrogen and oxygen atoms in total. The van der Waals surface area contributed by atoms with E-state index in [4.69, 9.17) is 23.2 Å². The van der Waals surface area contributed by atoms with E-state index >= 15 is 0 Å². The molecule has 1 aromatic carbocycles. The standard InChI is InChI=1S/C19H19Cl2N5O/c1-3-26-13(2)15(10-22-26)6-9-18(27)23-19-17(21)12-25(24-19)11-14-4-7-16(20)8-5-14/h4-10,12H,3,11H2,1-2H3,(H,23,24,27)/b9-6+. The lowest BCUT2D eigenvalue weighted by molar-refractivity contribution is -0.111. The molecule has 0 atom stereocenters. The van der Waals surface area contributed by atoms with Crippen LogP contribution in [0, 0.1) is 6.92 Å². The molecule has 0 aliphatic rings. The van der Waals surface area contributed by atoms with Gasteiger partial charge in [-0.25, -0.2) is 0 Å². The van der Waals surface area contributed by atoms with Crippen molar-refractivity contribution in [1.29, 1.82) is 0 Å². The van der Waals surface area contributed by atoms with Crippen molar-refractivity contribution in [3.63, 3.8) is 0 Å². The quantitative estimate of drug-likeness (QED) is 0.619. The van der Waals surface area contributed by atoms with Crippen LogP contribution in [0.2, 0.25) is 10.0 Å². The second-order valence-electron chi connectivity index (χ2n) is 5.97. The van der Waals surface area contributed by atoms with Crippen LogP contribution in [0.1, 0.15) is 23.7 Å². The van der Waals surface area contributed by atoms with Crippen molar-refractivity contribution in [2.45, 2.75) is 26.9 Å². The highest BCUT2D eigenvalue weighted by molar-refractivity contribution is 6.33. The van der Waals surface area contributed by atoms with Gasteiger partial charge in [0.25, 0.3) is 0 Å². The maximum atomic E-state index is 12.2. The molecule has 140 valence electrons. The van der Waals surface area contributed by atoms with Crippen molar-refractivity contribution in [2.24, 2.45) is 0 Å². The van der Waals surface area contributed by atoms with Gasteiger partial charge in [-0.1, -0.05) is 35.3 Å². The van der Waals surface area contributed by atoms with Crippen LogP contribution in [-0.2, 0) is 17.9 Å². The number of carbonyl (C=O) groups is 1. The van der Waals surface area contributed by atoms with Gasteiger partial charge in [0.15, 0.2) is 5.82 Å². The lowest BCUT2D eigenvalue weighted by Crippen LogP contribution is -2.09. The van der Waals surface area contributed by atoms with Crippen LogP contribution in [0.5, 0.6) is 0 Å². The third kappa shape index (κ3) is 4.78. The number of carbonyl (C=O) groups excluding carboxylic acids is 1. The summed E-state index contributed by atoms with van der Waals surface area (Å²) >= 11 is 12.1. The highest BCUT2D eigenvalue weighted by atomic mass is 35.5. The van der Waals surface area contributed by atoms with Crippen LogP contribution in [-0.4, -0.2) is 25.5 Å². The lowest BCUT2D eigenvalue weighted by atomic mass is 10.2. The summed E-state index contributed by atoms with van der Waals surface area (Å²) in [6, 6.07) is 7.46. The molecule has 0 unspecified atom stereocenters. The van der Waals surface area contributed by atoms with E-state index < -0.39 is 0 Å². The Kier molecular flexibility index (Phi) is 5.98. The zero-order chi connectivity index (χ0) is 19.4. The molecule has 0 bridgehead atoms. The van der Waals surface area contributed by atoms with Crippen LogP contribution < -0.4 is 5.32 Å². The summed E-state index contributed by atoms with van der Waals surface area (Å²) in [4.78, 5) is 12.2. The normalized spacial score (nSPS) is 11.3. The molecule has 0 saturated carbocycles. The fourth-order valence-electron chi connectivity index (χ4n) is 2.61. The molecule has 2 heterocycles. The van der Waals surface area contributed by atoms with E-state index in [2.05, 4.69) is 15.5 Å². The van der Waals surface area contributed by atoms with Crippen LogP contribution >= 0.6 is 23.2 Å². The van der Waals surface area contributed by atoms with E-state index in [1.165, 1.54) is 6.08 Å². The van der Waals surface area contributed by atoms with Crippen molar-refractivity contribution in [2.75, 3.05) is 5.32 Å². The van der Waals surface area contributed by atoms with E-state index in [-0.39, 0.29) is 5.91 Å². The minimum atomic E-state index is -0.308. The zero-order valence-corrected chi connectivity index (χ0v) is 16.5. The monoisotopic (exact) mass is 403 g/mol. The van der Waals surface area contributed by atoms with Gasteiger partial charge in [0.1, 0.15) is 5.02 Å². The molecular formula is C19H19Cl2N5O. The van der Waals surface area contributed by atoms with E-state index in [9.17, 15) is 4.79 Å². The molecule has 0 radical (unpaired) electrons. The Morgan fingerprint density at radius 1 is 1.26 bits per heavy atom. The van der Waals surface area contributed by atoms with Gasteiger partial charge in [-0.3, -0.25) is 14.2 Å². The number of rotatable bonds is 6. The predicted octanol–water partition coefficient (Wildman–Crippen LogP) is 4.41. The first kappa shape index (κ1) is 19.2. The lowest BCUT2D eigenvalue weighted by Gasteiger charge is -2.02. The second kappa shape index (κ2) is 8.41. The number of benzene rings is 1. The molecular weight excluding hydrogens is 385 g/mol. The summed E-state index contributed by atoms with van der Waals surface area (Å²) in [5, 5.41) is 12.3. The molecule has 27 heavy (non-hydrogen) atoms. The minimum absolute atomic E-state index is 0.308. The number of nitrogens with one attached hydrogen (secondary N) is 1. The summed E-state index contributed by atoms with van der Waals surface area (Å²) in [6.45, 7) is 5.29. The Hall–Kier alpha value is -2.57. The Bertz CT molecular complexity index is 973. The summed E-state index contributed by atoms with van der Waals surface area (Å²) < 4.78 is 3.53. The molecule has 3 aromatic rings. The summed E-state index contributed by atoms with van der Waals surface area (Å²) in [6.07, 6.45) is 6.57.